The van der Waals surface area contributed by atoms with Crippen molar-refractivity contribution in [1.29, 1.82) is 0 Å². The highest BCUT2D eigenvalue weighted by atomic mass is 16.5. The highest BCUT2D eigenvalue weighted by molar-refractivity contribution is 5.78. The minimum atomic E-state index is 0.517. The van der Waals surface area contributed by atoms with Crippen LogP contribution in [0.15, 0.2) is 29.3 Å². The Balaban J connectivity index is 1.47. The van der Waals surface area contributed by atoms with Crippen LogP contribution < -0.4 is 20.7 Å². The second-order valence-corrected chi connectivity index (χ2v) is 7.36. The molecule has 0 spiro atoms. The first-order chi connectivity index (χ1) is 12.2. The molecule has 1 aromatic carbocycles. The molecule has 138 valence electrons. The van der Waals surface area contributed by atoms with E-state index in [4.69, 9.17) is 10.5 Å². The third-order valence-corrected chi connectivity index (χ3v) is 5.43. The third-order valence-electron chi connectivity index (χ3n) is 5.43. The zero-order valence-corrected chi connectivity index (χ0v) is 15.4. The number of rotatable bonds is 5. The zero-order chi connectivity index (χ0) is 17.5. The van der Waals surface area contributed by atoms with Gasteiger partial charge < -0.3 is 20.7 Å². The van der Waals surface area contributed by atoms with Crippen molar-refractivity contribution >= 4 is 11.6 Å². The first kappa shape index (κ1) is 17.9. The van der Waals surface area contributed by atoms with Gasteiger partial charge in [0.2, 0.25) is 0 Å². The number of nitrogens with one attached hydrogen (secondary N) is 1. The Hall–Kier alpha value is -1.91. The van der Waals surface area contributed by atoms with Gasteiger partial charge in [0.05, 0.1) is 7.11 Å². The van der Waals surface area contributed by atoms with E-state index in [1.165, 1.54) is 44.2 Å². The quantitative estimate of drug-likeness (QED) is 0.489. The fraction of sp³-hybridized carbons (Fsp3) is 0.650. The van der Waals surface area contributed by atoms with Crippen molar-refractivity contribution in [1.82, 2.24) is 5.32 Å². The predicted octanol–water partition coefficient (Wildman–Crippen LogP) is 3.15. The molecule has 0 amide bonds. The Morgan fingerprint density at radius 1 is 1.24 bits per heavy atom. The van der Waals surface area contributed by atoms with Gasteiger partial charge in [-0.15, -0.1) is 0 Å². The molecule has 5 heteroatoms. The minimum Gasteiger partial charge on any atom is -0.497 e. The van der Waals surface area contributed by atoms with Gasteiger partial charge in [0, 0.05) is 37.4 Å². The zero-order valence-electron chi connectivity index (χ0n) is 15.4. The second kappa shape index (κ2) is 8.97. The minimum absolute atomic E-state index is 0.517. The number of benzene rings is 1. The van der Waals surface area contributed by atoms with Gasteiger partial charge in [0.25, 0.3) is 0 Å². The summed E-state index contributed by atoms with van der Waals surface area (Å²) in [5.74, 6) is 2.11. The summed E-state index contributed by atoms with van der Waals surface area (Å²) in [6.07, 6.45) is 8.95. The van der Waals surface area contributed by atoms with Crippen LogP contribution in [0, 0.1) is 5.92 Å². The van der Waals surface area contributed by atoms with E-state index in [-0.39, 0.29) is 0 Å². The molecule has 25 heavy (non-hydrogen) atoms. The van der Waals surface area contributed by atoms with Gasteiger partial charge >= 0.3 is 0 Å². The van der Waals surface area contributed by atoms with E-state index in [1.807, 2.05) is 12.1 Å². The van der Waals surface area contributed by atoms with Crippen LogP contribution in [0.5, 0.6) is 5.75 Å². The van der Waals surface area contributed by atoms with Crippen LogP contribution in [0.3, 0.4) is 0 Å². The van der Waals surface area contributed by atoms with Crippen LogP contribution in [-0.4, -0.2) is 38.7 Å². The van der Waals surface area contributed by atoms with Gasteiger partial charge in [0.15, 0.2) is 5.96 Å². The van der Waals surface area contributed by atoms with Crippen molar-refractivity contribution in [3.63, 3.8) is 0 Å². The lowest BCUT2D eigenvalue weighted by Gasteiger charge is -2.19. The molecule has 1 aliphatic heterocycles. The molecule has 3 rings (SSSR count). The number of methoxy groups -OCH3 is 1. The standard InChI is InChI=1S/C20H32N4O/c1-25-19-10-6-9-18(13-19)24-12-11-16(15-24)14-22-20(21)23-17-7-4-2-3-5-8-17/h6,9-10,13,16-17H,2-5,7-8,11-12,14-15H2,1H3,(H3,21,22,23). The first-order valence-corrected chi connectivity index (χ1v) is 9.70. The van der Waals surface area contributed by atoms with Gasteiger partial charge in [-0.25, -0.2) is 0 Å². The average Bonchev–Trinajstić information content (AvgIpc) is 2.97. The maximum Gasteiger partial charge on any atom is 0.188 e. The fourth-order valence-electron chi connectivity index (χ4n) is 3.93. The monoisotopic (exact) mass is 344 g/mol. The number of nitrogens with zero attached hydrogens (tertiary/aromatic N) is 2. The van der Waals surface area contributed by atoms with Crippen molar-refractivity contribution in [2.75, 3.05) is 31.6 Å². The summed E-state index contributed by atoms with van der Waals surface area (Å²) in [5, 5.41) is 3.44. The van der Waals surface area contributed by atoms with Gasteiger partial charge in [-0.3, -0.25) is 4.99 Å². The molecule has 5 nitrogen and oxygen atoms in total. The van der Waals surface area contributed by atoms with Crippen LogP contribution in [0.25, 0.3) is 0 Å². The van der Waals surface area contributed by atoms with Gasteiger partial charge in [-0.2, -0.15) is 0 Å². The Morgan fingerprint density at radius 2 is 2.04 bits per heavy atom. The number of anilines is 1. The molecule has 2 fully saturated rings. The summed E-state index contributed by atoms with van der Waals surface area (Å²) >= 11 is 0. The second-order valence-electron chi connectivity index (χ2n) is 7.36. The summed E-state index contributed by atoms with van der Waals surface area (Å²) in [4.78, 5) is 7.04. The van der Waals surface area contributed by atoms with Crippen molar-refractivity contribution in [2.24, 2.45) is 16.6 Å². The van der Waals surface area contributed by atoms with Crippen LogP contribution in [-0.2, 0) is 0 Å². The summed E-state index contributed by atoms with van der Waals surface area (Å²) in [7, 11) is 1.71. The molecule has 1 saturated carbocycles. The van der Waals surface area contributed by atoms with Crippen molar-refractivity contribution in [2.45, 2.75) is 51.0 Å². The predicted molar refractivity (Wildman–Crippen MR) is 104 cm³/mol. The van der Waals surface area contributed by atoms with E-state index in [0.29, 0.717) is 17.9 Å². The summed E-state index contributed by atoms with van der Waals surface area (Å²) in [5.41, 5.74) is 7.36. The molecule has 1 saturated heterocycles. The Kier molecular flexibility index (Phi) is 6.42. The van der Waals surface area contributed by atoms with Gasteiger partial charge in [0.1, 0.15) is 5.75 Å². The summed E-state index contributed by atoms with van der Waals surface area (Å²) < 4.78 is 5.33. The molecule has 0 aromatic heterocycles. The lowest BCUT2D eigenvalue weighted by molar-refractivity contribution is 0.415. The van der Waals surface area contributed by atoms with Crippen molar-refractivity contribution in [3.05, 3.63) is 24.3 Å². The normalized spacial score (nSPS) is 22.7. The smallest absolute Gasteiger partial charge is 0.188 e. The molecule has 1 heterocycles. The van der Waals surface area contributed by atoms with Crippen LogP contribution in [0.4, 0.5) is 5.69 Å². The first-order valence-electron chi connectivity index (χ1n) is 9.70. The van der Waals surface area contributed by atoms with Crippen molar-refractivity contribution < 1.29 is 4.74 Å². The van der Waals surface area contributed by atoms with Crippen LogP contribution >= 0.6 is 0 Å². The van der Waals surface area contributed by atoms with Crippen LogP contribution in [0.1, 0.15) is 44.9 Å². The van der Waals surface area contributed by atoms with E-state index >= 15 is 0 Å². The molecule has 2 aliphatic rings. The number of guanidine groups is 1. The van der Waals surface area contributed by atoms with E-state index in [9.17, 15) is 0 Å². The van der Waals surface area contributed by atoms with E-state index in [1.54, 1.807) is 7.11 Å². The Bertz CT molecular complexity index is 567. The topological polar surface area (TPSA) is 62.9 Å². The lowest BCUT2D eigenvalue weighted by Crippen LogP contribution is -2.40. The Labute approximate surface area is 151 Å². The molecule has 3 N–H and O–H groups in total. The molecule has 0 bridgehead atoms. The SMILES string of the molecule is COc1cccc(N2CCC(CN=C(N)NC3CCCCCC3)C2)c1. The number of nitrogens with two attached hydrogens (primary N) is 1. The van der Waals surface area contributed by atoms with E-state index in [0.717, 1.165) is 31.8 Å². The summed E-state index contributed by atoms with van der Waals surface area (Å²) in [6, 6.07) is 8.81. The highest BCUT2D eigenvalue weighted by Crippen LogP contribution is 2.27. The molecular formula is C20H32N4O. The third kappa shape index (κ3) is 5.28. The largest absolute Gasteiger partial charge is 0.497 e. The molecule has 1 aliphatic carbocycles. The van der Waals surface area contributed by atoms with Gasteiger partial charge in [-0.1, -0.05) is 31.7 Å². The molecular weight excluding hydrogens is 312 g/mol. The summed E-state index contributed by atoms with van der Waals surface area (Å²) in [6.45, 7) is 2.92. The molecule has 1 unspecified atom stereocenters. The molecule has 1 aromatic rings. The highest BCUT2D eigenvalue weighted by Gasteiger charge is 2.23. The maximum absolute atomic E-state index is 6.13. The van der Waals surface area contributed by atoms with Gasteiger partial charge in [-0.05, 0) is 37.3 Å². The maximum atomic E-state index is 6.13. The number of hydrogen-bond donors (Lipinski definition) is 2. The molecule has 0 radical (unpaired) electrons. The lowest BCUT2D eigenvalue weighted by atomic mass is 10.1. The Morgan fingerprint density at radius 3 is 2.80 bits per heavy atom. The van der Waals surface area contributed by atoms with Crippen molar-refractivity contribution in [3.8, 4) is 5.75 Å². The van der Waals surface area contributed by atoms with E-state index < -0.39 is 0 Å². The van der Waals surface area contributed by atoms with Crippen LogP contribution in [0.2, 0.25) is 0 Å². The van der Waals surface area contributed by atoms with E-state index in [2.05, 4.69) is 27.3 Å². The number of aliphatic imine (C=N–C) groups is 1. The fourth-order valence-corrected chi connectivity index (χ4v) is 3.93. The average molecular weight is 345 g/mol. The number of hydrogen-bond acceptors (Lipinski definition) is 3. The molecule has 1 atom stereocenters. The number of ether oxygens (including phenoxy) is 1.